The largest absolute Gasteiger partial charge is 0.388 e. The Balaban J connectivity index is 1.43. The van der Waals surface area contributed by atoms with Crippen LogP contribution in [0.15, 0.2) is 43.0 Å². The lowest BCUT2D eigenvalue weighted by Crippen LogP contribution is -2.46. The lowest BCUT2D eigenvalue weighted by molar-refractivity contribution is -0.131. The van der Waals surface area contributed by atoms with Crippen LogP contribution in [0, 0.1) is 17.2 Å². The second-order valence-electron chi connectivity index (χ2n) is 12.3. The predicted octanol–water partition coefficient (Wildman–Crippen LogP) is 2.07. The molecular weight excluding hydrogens is 554 g/mol. The number of nitriles is 1. The first-order valence-electron chi connectivity index (χ1n) is 15.2. The van der Waals surface area contributed by atoms with Crippen molar-refractivity contribution in [3.8, 4) is 6.07 Å². The highest BCUT2D eigenvalue weighted by Crippen LogP contribution is 2.49. The van der Waals surface area contributed by atoms with Crippen LogP contribution < -0.4 is 16.0 Å². The summed E-state index contributed by atoms with van der Waals surface area (Å²) >= 11 is 0. The van der Waals surface area contributed by atoms with Crippen molar-refractivity contribution >= 4 is 17.5 Å². The van der Waals surface area contributed by atoms with Gasteiger partial charge in [-0.15, -0.1) is 5.10 Å². The number of tetrazole rings is 1. The van der Waals surface area contributed by atoms with Crippen LogP contribution in [0.5, 0.6) is 0 Å². The molecule has 2 unspecified atom stereocenters. The molecule has 2 aromatic carbocycles. The van der Waals surface area contributed by atoms with Crippen LogP contribution in [0.2, 0.25) is 0 Å². The lowest BCUT2D eigenvalue weighted by Gasteiger charge is -2.37. The fraction of sp³-hybridized carbons (Fsp3) is 0.455. The quantitative estimate of drug-likeness (QED) is 0.343. The molecule has 11 heteroatoms. The van der Waals surface area contributed by atoms with Crippen LogP contribution in [0.25, 0.3) is 5.70 Å². The maximum Gasteiger partial charge on any atom is 0.251 e. The molecule has 44 heavy (non-hydrogen) atoms. The summed E-state index contributed by atoms with van der Waals surface area (Å²) in [6, 6.07) is 14.3. The van der Waals surface area contributed by atoms with E-state index in [1.807, 2.05) is 32.3 Å². The molecule has 6 rings (SSSR count). The smallest absolute Gasteiger partial charge is 0.251 e. The van der Waals surface area contributed by atoms with Gasteiger partial charge >= 0.3 is 0 Å². The summed E-state index contributed by atoms with van der Waals surface area (Å²) < 4.78 is 1.72. The van der Waals surface area contributed by atoms with Crippen LogP contribution in [0.3, 0.4) is 0 Å². The number of hydrogen-bond donors (Lipinski definition) is 3. The number of nitrogens with one attached hydrogen (secondary N) is 3. The molecule has 3 N–H and O–H groups in total. The van der Waals surface area contributed by atoms with E-state index in [-0.39, 0.29) is 36.5 Å². The molecule has 0 bridgehead atoms. The minimum absolute atomic E-state index is 0.0325. The van der Waals surface area contributed by atoms with E-state index in [2.05, 4.69) is 69.2 Å². The molecule has 1 saturated carbocycles. The van der Waals surface area contributed by atoms with Gasteiger partial charge in [-0.1, -0.05) is 24.8 Å². The Morgan fingerprint density at radius 2 is 1.77 bits per heavy atom. The number of fused-ring (bicyclic) bond motifs is 3. The molecule has 3 aromatic rings. The Morgan fingerprint density at radius 3 is 2.39 bits per heavy atom. The molecule has 2 amide bonds. The van der Waals surface area contributed by atoms with E-state index >= 15 is 0 Å². The van der Waals surface area contributed by atoms with Crippen molar-refractivity contribution in [1.29, 1.82) is 5.26 Å². The number of amides is 2. The molecule has 0 radical (unpaired) electrons. The second-order valence-corrected chi connectivity index (χ2v) is 12.3. The van der Waals surface area contributed by atoms with Gasteiger partial charge in [0, 0.05) is 44.5 Å². The first-order chi connectivity index (χ1) is 21.2. The van der Waals surface area contributed by atoms with Gasteiger partial charge in [0.15, 0.2) is 5.82 Å². The van der Waals surface area contributed by atoms with Crippen LogP contribution in [-0.2, 0) is 30.1 Å². The van der Waals surface area contributed by atoms with Crippen LogP contribution in [-0.4, -0.2) is 75.7 Å². The minimum atomic E-state index is -0.792. The zero-order chi connectivity index (χ0) is 31.2. The van der Waals surface area contributed by atoms with Crippen molar-refractivity contribution in [3.63, 3.8) is 0 Å². The summed E-state index contributed by atoms with van der Waals surface area (Å²) in [5, 5.41) is 31.9. The number of hydrogen-bond acceptors (Lipinski definition) is 8. The molecule has 3 aliphatic rings. The first-order valence-corrected chi connectivity index (χ1v) is 15.2. The Hall–Kier alpha value is -4.56. The van der Waals surface area contributed by atoms with E-state index in [0.29, 0.717) is 23.7 Å². The van der Waals surface area contributed by atoms with Crippen LogP contribution in [0.1, 0.15) is 70.2 Å². The van der Waals surface area contributed by atoms with E-state index in [4.69, 9.17) is 0 Å². The fourth-order valence-corrected chi connectivity index (χ4v) is 7.42. The van der Waals surface area contributed by atoms with Gasteiger partial charge in [0.05, 0.1) is 18.0 Å². The number of nitrogens with zero attached hydrogens (tertiary/aromatic N) is 6. The maximum atomic E-state index is 13.3. The minimum Gasteiger partial charge on any atom is -0.388 e. The van der Waals surface area contributed by atoms with Crippen molar-refractivity contribution in [2.75, 3.05) is 20.6 Å². The van der Waals surface area contributed by atoms with E-state index in [1.54, 1.807) is 16.6 Å². The molecular formula is C33H39N9O2. The number of carbonyl (C=O) groups excluding carboxylic acids is 2. The Labute approximate surface area is 257 Å². The zero-order valence-corrected chi connectivity index (χ0v) is 25.7. The number of likely N-dealkylation sites (tertiary alicyclic amines) is 1. The Kier molecular flexibility index (Phi) is 7.72. The number of aromatic nitrogens is 4. The van der Waals surface area contributed by atoms with E-state index in [9.17, 15) is 14.9 Å². The molecule has 0 spiro atoms. The predicted molar refractivity (Wildman–Crippen MR) is 165 cm³/mol. The molecule has 2 heterocycles. The number of piperidine rings is 1. The monoisotopic (exact) mass is 593 g/mol. The first kappa shape index (κ1) is 29.5. The topological polar surface area (TPSA) is 141 Å². The third-order valence-corrected chi connectivity index (χ3v) is 9.69. The summed E-state index contributed by atoms with van der Waals surface area (Å²) in [6.07, 6.45) is 3.80. The zero-order valence-electron chi connectivity index (χ0n) is 25.7. The summed E-state index contributed by atoms with van der Waals surface area (Å²) in [4.78, 5) is 27.8. The molecule has 228 valence electrons. The van der Waals surface area contributed by atoms with Crippen LogP contribution >= 0.6 is 0 Å². The summed E-state index contributed by atoms with van der Waals surface area (Å²) in [6.45, 7) is 6.40. The number of rotatable bonds is 9. The van der Waals surface area contributed by atoms with Crippen molar-refractivity contribution in [3.05, 3.63) is 82.2 Å². The normalized spacial score (nSPS) is 23.8. The second kappa shape index (κ2) is 11.5. The van der Waals surface area contributed by atoms with Gasteiger partial charge in [-0.25, -0.2) is 4.68 Å². The average molecular weight is 594 g/mol. The van der Waals surface area contributed by atoms with E-state index < -0.39 is 5.41 Å². The van der Waals surface area contributed by atoms with Gasteiger partial charge in [-0.3, -0.25) is 9.59 Å². The molecule has 5 atom stereocenters. The molecule has 1 saturated heterocycles. The average Bonchev–Trinajstić information content (AvgIpc) is 3.54. The highest BCUT2D eigenvalue weighted by Gasteiger charge is 2.54. The van der Waals surface area contributed by atoms with E-state index in [1.165, 1.54) is 0 Å². The number of aryl methyl sites for hydroxylation is 3. The summed E-state index contributed by atoms with van der Waals surface area (Å²) in [7, 11) is 5.34. The van der Waals surface area contributed by atoms with Gasteiger partial charge in [0.2, 0.25) is 5.91 Å². The van der Waals surface area contributed by atoms with Crippen molar-refractivity contribution in [1.82, 2.24) is 41.1 Å². The van der Waals surface area contributed by atoms with E-state index in [0.717, 1.165) is 59.2 Å². The third kappa shape index (κ3) is 4.93. The van der Waals surface area contributed by atoms with Gasteiger partial charge < -0.3 is 20.9 Å². The Morgan fingerprint density at radius 1 is 1.09 bits per heavy atom. The summed E-state index contributed by atoms with van der Waals surface area (Å²) in [5.74, 6) is 0.974. The van der Waals surface area contributed by atoms with Gasteiger partial charge in [0.1, 0.15) is 6.04 Å². The highest BCUT2D eigenvalue weighted by molar-refractivity contribution is 5.94. The summed E-state index contributed by atoms with van der Waals surface area (Å²) in [5.41, 5.74) is 5.95. The highest BCUT2D eigenvalue weighted by atomic mass is 16.2. The van der Waals surface area contributed by atoms with Crippen molar-refractivity contribution in [2.24, 2.45) is 13.0 Å². The maximum absolute atomic E-state index is 13.3. The van der Waals surface area contributed by atoms with Crippen molar-refractivity contribution in [2.45, 2.75) is 62.6 Å². The SMILES string of the molecule is C=C(NC)c1ccc2c(c1)CCc1cc(C(=O)NC)ccc1C2(C[C@@H](C)NCC(=O)N1[C@H](C#N)CC2C[C@@H]21)c1nnnn1C. The molecule has 2 aliphatic carbocycles. The van der Waals surface area contributed by atoms with Crippen LogP contribution in [0.4, 0.5) is 0 Å². The Bertz CT molecular complexity index is 1600. The molecule has 2 fully saturated rings. The number of carbonyl (C=O) groups is 2. The van der Waals surface area contributed by atoms with Crippen molar-refractivity contribution < 1.29 is 9.59 Å². The standard InChI is InChI=1S/C33H39N9O2/c1-19(37-18-30(43)42-26(17-34)14-25-15-29(25)42)16-33(32-38-39-40-41(32)5)27-10-8-21(20(2)35-3)12-22(27)6-7-23-13-24(31(44)36-4)9-11-28(23)33/h8-13,19,25-26,29,35,37H,2,6-7,14-16,18H2,1,3-5H3,(H,36,44)/t19-,25?,26+,29+,33?/m1/s1. The molecule has 1 aliphatic heterocycles. The van der Waals surface area contributed by atoms with Gasteiger partial charge in [0.25, 0.3) is 5.91 Å². The fourth-order valence-electron chi connectivity index (χ4n) is 7.42. The number of benzene rings is 2. The molecule has 11 nitrogen and oxygen atoms in total. The molecule has 1 aromatic heterocycles. The lowest BCUT2D eigenvalue weighted by atomic mass is 9.67. The van der Waals surface area contributed by atoms with Gasteiger partial charge in [-0.2, -0.15) is 5.26 Å². The third-order valence-electron chi connectivity index (χ3n) is 9.69. The van der Waals surface area contributed by atoms with Gasteiger partial charge in [-0.05, 0) is 101 Å².